The first-order chi connectivity index (χ1) is 12.8. The van der Waals surface area contributed by atoms with Crippen LogP contribution in [0, 0.1) is 0 Å². The Balaban J connectivity index is 1.33. The fourth-order valence-corrected chi connectivity index (χ4v) is 2.34. The van der Waals surface area contributed by atoms with E-state index in [4.69, 9.17) is 24.7 Å². The van der Waals surface area contributed by atoms with Crippen molar-refractivity contribution < 1.29 is 18.9 Å². The quantitative estimate of drug-likeness (QED) is 0.488. The summed E-state index contributed by atoms with van der Waals surface area (Å²) in [5.74, 6) is 2.85. The summed E-state index contributed by atoms with van der Waals surface area (Å²) in [7, 11) is 0. The number of nitrogens with one attached hydrogen (secondary N) is 1. The van der Waals surface area contributed by atoms with Crippen LogP contribution in [0.2, 0.25) is 0 Å². The zero-order chi connectivity index (χ0) is 17.8. The number of guanidine groups is 1. The molecule has 132 valence electrons. The first-order valence-electron chi connectivity index (χ1n) is 7.73. The summed E-state index contributed by atoms with van der Waals surface area (Å²) >= 11 is 0. The maximum absolute atomic E-state index is 5.70. The molecule has 4 rings (SSSR count). The van der Waals surface area contributed by atoms with E-state index in [0.717, 1.165) is 11.1 Å². The predicted octanol–water partition coefficient (Wildman–Crippen LogP) is 1.42. The zero-order valence-corrected chi connectivity index (χ0v) is 13.6. The van der Waals surface area contributed by atoms with Crippen LogP contribution in [0.25, 0.3) is 0 Å². The minimum atomic E-state index is 0.0546. The average Bonchev–Trinajstić information content (AvgIpc) is 3.29. The molecule has 2 aliphatic heterocycles. The molecule has 0 aliphatic carbocycles. The van der Waals surface area contributed by atoms with Crippen molar-refractivity contribution in [3.05, 3.63) is 47.5 Å². The fraction of sp³-hybridized carbons (Fsp3) is 0.118. The third-order valence-corrected chi connectivity index (χ3v) is 3.56. The molecule has 2 aromatic rings. The topological polar surface area (TPSA) is 112 Å². The first kappa shape index (κ1) is 15.8. The number of nitrogens with zero attached hydrogens (tertiary/aromatic N) is 3. The molecule has 26 heavy (non-hydrogen) atoms. The average molecular weight is 353 g/mol. The van der Waals surface area contributed by atoms with Gasteiger partial charge in [-0.3, -0.25) is 0 Å². The maximum Gasteiger partial charge on any atom is 0.234 e. The molecule has 0 spiro atoms. The molecule has 0 saturated heterocycles. The Morgan fingerprint density at radius 2 is 1.42 bits per heavy atom. The van der Waals surface area contributed by atoms with Crippen molar-refractivity contribution in [2.45, 2.75) is 0 Å². The van der Waals surface area contributed by atoms with Gasteiger partial charge >= 0.3 is 0 Å². The molecule has 0 bridgehead atoms. The number of rotatable bonds is 4. The van der Waals surface area contributed by atoms with E-state index in [-0.39, 0.29) is 19.5 Å². The number of fused-ring (bicyclic) bond motifs is 2. The number of hydrogen-bond donors (Lipinski definition) is 2. The van der Waals surface area contributed by atoms with Gasteiger partial charge in [0.1, 0.15) is 0 Å². The van der Waals surface area contributed by atoms with E-state index in [0.29, 0.717) is 23.0 Å². The lowest BCUT2D eigenvalue weighted by atomic mass is 10.2. The molecule has 2 aromatic carbocycles. The molecule has 0 saturated carbocycles. The van der Waals surface area contributed by atoms with Gasteiger partial charge in [-0.25, -0.2) is 5.43 Å². The van der Waals surface area contributed by atoms with Crippen LogP contribution in [0.3, 0.4) is 0 Å². The van der Waals surface area contributed by atoms with Crippen LogP contribution < -0.4 is 30.1 Å². The van der Waals surface area contributed by atoms with Gasteiger partial charge in [0.2, 0.25) is 19.5 Å². The molecule has 0 aromatic heterocycles. The number of nitrogens with two attached hydrogens (primary N) is 1. The predicted molar refractivity (Wildman–Crippen MR) is 95.1 cm³/mol. The second-order valence-electron chi connectivity index (χ2n) is 5.33. The number of hydrazone groups is 1. The molecule has 0 atom stereocenters. The van der Waals surface area contributed by atoms with Crippen LogP contribution in [0.4, 0.5) is 0 Å². The van der Waals surface area contributed by atoms with Gasteiger partial charge in [0, 0.05) is 0 Å². The first-order valence-corrected chi connectivity index (χ1v) is 7.73. The molecular formula is C17H15N5O4. The van der Waals surface area contributed by atoms with Gasteiger partial charge < -0.3 is 24.7 Å². The Bertz CT molecular complexity index is 910. The van der Waals surface area contributed by atoms with Crippen molar-refractivity contribution in [3.63, 3.8) is 0 Å². The molecule has 0 unspecified atom stereocenters. The Hall–Kier alpha value is -3.75. The molecule has 0 amide bonds. The summed E-state index contributed by atoms with van der Waals surface area (Å²) in [6, 6.07) is 10.9. The minimum absolute atomic E-state index is 0.0546. The van der Waals surface area contributed by atoms with Crippen LogP contribution in [-0.2, 0) is 0 Å². The molecule has 9 nitrogen and oxygen atoms in total. The molecule has 9 heteroatoms. The standard InChI is InChI=1S/C17H15N5O4/c18-17(21-19-7-11-1-3-13-15(5-11)25-9-23-13)22-20-8-12-2-4-14-16(6-12)26-10-24-14/h1-8H,9-10H2,(H3,18,21,22)/b19-7-,20-8+. The van der Waals surface area contributed by atoms with Gasteiger partial charge in [0.05, 0.1) is 12.4 Å². The SMILES string of the molecule is NC(=N/N=C/c1ccc2c(c1)OCO2)N/N=C\c1ccc2c(c1)OCO2. The van der Waals surface area contributed by atoms with Crippen molar-refractivity contribution in [1.29, 1.82) is 0 Å². The van der Waals surface area contributed by atoms with E-state index in [9.17, 15) is 0 Å². The largest absolute Gasteiger partial charge is 0.454 e. The van der Waals surface area contributed by atoms with Crippen LogP contribution >= 0.6 is 0 Å². The second-order valence-corrected chi connectivity index (χ2v) is 5.33. The molecule has 0 radical (unpaired) electrons. The van der Waals surface area contributed by atoms with Crippen molar-refractivity contribution in [3.8, 4) is 23.0 Å². The second kappa shape index (κ2) is 7.01. The summed E-state index contributed by atoms with van der Waals surface area (Å²) in [6.07, 6.45) is 3.14. The van der Waals surface area contributed by atoms with E-state index >= 15 is 0 Å². The van der Waals surface area contributed by atoms with Crippen LogP contribution in [-0.4, -0.2) is 32.0 Å². The van der Waals surface area contributed by atoms with E-state index in [2.05, 4.69) is 20.7 Å². The van der Waals surface area contributed by atoms with E-state index in [1.165, 1.54) is 0 Å². The Morgan fingerprint density at radius 3 is 2.08 bits per heavy atom. The Labute approximate surface area is 148 Å². The van der Waals surface area contributed by atoms with Gasteiger partial charge in [-0.15, -0.1) is 5.10 Å². The highest BCUT2D eigenvalue weighted by atomic mass is 16.7. The molecular weight excluding hydrogens is 338 g/mol. The van der Waals surface area contributed by atoms with Gasteiger partial charge in [0.15, 0.2) is 23.0 Å². The van der Waals surface area contributed by atoms with E-state index < -0.39 is 0 Å². The number of benzene rings is 2. The van der Waals surface area contributed by atoms with Crippen molar-refractivity contribution in [1.82, 2.24) is 5.43 Å². The zero-order valence-electron chi connectivity index (χ0n) is 13.6. The van der Waals surface area contributed by atoms with Crippen LogP contribution in [0.1, 0.15) is 11.1 Å². The highest BCUT2D eigenvalue weighted by Gasteiger charge is 2.13. The Morgan fingerprint density at radius 1 is 0.846 bits per heavy atom. The fourth-order valence-electron chi connectivity index (χ4n) is 2.34. The van der Waals surface area contributed by atoms with Gasteiger partial charge in [-0.1, -0.05) is 0 Å². The lowest BCUT2D eigenvalue weighted by Crippen LogP contribution is -2.26. The molecule has 2 heterocycles. The summed E-state index contributed by atoms with van der Waals surface area (Å²) in [6.45, 7) is 0.460. The van der Waals surface area contributed by atoms with E-state index in [1.54, 1.807) is 12.4 Å². The van der Waals surface area contributed by atoms with Crippen molar-refractivity contribution >= 4 is 18.4 Å². The summed E-state index contributed by atoms with van der Waals surface area (Å²) in [4.78, 5) is 0. The van der Waals surface area contributed by atoms with Gasteiger partial charge in [-0.05, 0) is 47.5 Å². The minimum Gasteiger partial charge on any atom is -0.454 e. The normalized spacial score (nSPS) is 15.2. The highest BCUT2D eigenvalue weighted by molar-refractivity contribution is 5.85. The van der Waals surface area contributed by atoms with Crippen LogP contribution in [0.15, 0.2) is 51.7 Å². The number of ether oxygens (including phenoxy) is 4. The van der Waals surface area contributed by atoms with Gasteiger partial charge in [0.25, 0.3) is 0 Å². The summed E-state index contributed by atoms with van der Waals surface area (Å²) in [5, 5.41) is 11.7. The van der Waals surface area contributed by atoms with Gasteiger partial charge in [-0.2, -0.15) is 10.2 Å². The smallest absolute Gasteiger partial charge is 0.234 e. The van der Waals surface area contributed by atoms with Crippen LogP contribution in [0.5, 0.6) is 23.0 Å². The third-order valence-electron chi connectivity index (χ3n) is 3.56. The molecule has 3 N–H and O–H groups in total. The molecule has 2 aliphatic rings. The third kappa shape index (κ3) is 3.51. The molecule has 0 fully saturated rings. The lowest BCUT2D eigenvalue weighted by Gasteiger charge is -1.98. The van der Waals surface area contributed by atoms with E-state index in [1.807, 2.05) is 36.4 Å². The summed E-state index contributed by atoms with van der Waals surface area (Å²) < 4.78 is 21.1. The highest BCUT2D eigenvalue weighted by Crippen LogP contribution is 2.32. The monoisotopic (exact) mass is 353 g/mol. The summed E-state index contributed by atoms with van der Waals surface area (Å²) in [5.41, 5.74) is 9.94. The Kier molecular flexibility index (Phi) is 4.25. The van der Waals surface area contributed by atoms with Crippen molar-refractivity contribution in [2.24, 2.45) is 21.0 Å². The lowest BCUT2D eigenvalue weighted by molar-refractivity contribution is 0.173. The van der Waals surface area contributed by atoms with Crippen molar-refractivity contribution in [2.75, 3.05) is 13.6 Å². The number of hydrogen-bond acceptors (Lipinski definition) is 7. The maximum atomic E-state index is 5.70.